The van der Waals surface area contributed by atoms with Crippen molar-refractivity contribution < 1.29 is 0 Å². The first-order valence-electron chi connectivity index (χ1n) is 6.25. The molecule has 1 aliphatic rings. The summed E-state index contributed by atoms with van der Waals surface area (Å²) in [6.07, 6.45) is 9.09. The zero-order valence-corrected chi connectivity index (χ0v) is 10.1. The maximum Gasteiger partial charge on any atom is 0.203 e. The van der Waals surface area contributed by atoms with Gasteiger partial charge in [0.1, 0.15) is 5.82 Å². The van der Waals surface area contributed by atoms with Gasteiger partial charge in [-0.2, -0.15) is 0 Å². The summed E-state index contributed by atoms with van der Waals surface area (Å²) in [5.41, 5.74) is 0.822. The first kappa shape index (κ1) is 10.5. The standard InChI is InChI=1S/C12H17N5/c1-9-15-16-12-11(13-6-7-17(9)12)14-8-10-4-2-3-5-10/h6-7,10H,2-5,8H2,1H3,(H,13,14). The van der Waals surface area contributed by atoms with Crippen LogP contribution in [0.5, 0.6) is 0 Å². The summed E-state index contributed by atoms with van der Waals surface area (Å²) in [6.45, 7) is 2.94. The van der Waals surface area contributed by atoms with Crippen LogP contribution in [-0.4, -0.2) is 26.1 Å². The molecule has 5 nitrogen and oxygen atoms in total. The molecule has 0 atom stereocenters. The normalized spacial score (nSPS) is 16.8. The van der Waals surface area contributed by atoms with E-state index in [4.69, 9.17) is 0 Å². The van der Waals surface area contributed by atoms with Crippen molar-refractivity contribution >= 4 is 11.5 Å². The average molecular weight is 231 g/mol. The summed E-state index contributed by atoms with van der Waals surface area (Å²) in [7, 11) is 0. The minimum Gasteiger partial charge on any atom is -0.367 e. The van der Waals surface area contributed by atoms with Gasteiger partial charge in [-0.1, -0.05) is 12.8 Å². The summed E-state index contributed by atoms with van der Waals surface area (Å²) in [5, 5.41) is 11.6. The molecule has 0 radical (unpaired) electrons. The van der Waals surface area contributed by atoms with Gasteiger partial charge in [-0.3, -0.25) is 4.40 Å². The van der Waals surface area contributed by atoms with Crippen LogP contribution in [0.3, 0.4) is 0 Å². The van der Waals surface area contributed by atoms with Crippen molar-refractivity contribution in [1.82, 2.24) is 19.6 Å². The zero-order chi connectivity index (χ0) is 11.7. The molecule has 0 aromatic carbocycles. The average Bonchev–Trinajstić information content (AvgIpc) is 2.97. The maximum atomic E-state index is 4.35. The summed E-state index contributed by atoms with van der Waals surface area (Å²) in [4.78, 5) is 4.35. The summed E-state index contributed by atoms with van der Waals surface area (Å²) >= 11 is 0. The molecule has 3 rings (SSSR count). The third kappa shape index (κ3) is 1.97. The van der Waals surface area contributed by atoms with Crippen molar-refractivity contribution in [2.45, 2.75) is 32.6 Å². The van der Waals surface area contributed by atoms with E-state index in [-0.39, 0.29) is 0 Å². The van der Waals surface area contributed by atoms with Crippen molar-refractivity contribution in [1.29, 1.82) is 0 Å². The number of anilines is 1. The lowest BCUT2D eigenvalue weighted by Gasteiger charge is -2.11. The van der Waals surface area contributed by atoms with Gasteiger partial charge in [0.2, 0.25) is 5.65 Å². The van der Waals surface area contributed by atoms with Crippen LogP contribution in [-0.2, 0) is 0 Å². The first-order chi connectivity index (χ1) is 8.34. The lowest BCUT2D eigenvalue weighted by Crippen LogP contribution is -2.12. The highest BCUT2D eigenvalue weighted by molar-refractivity contribution is 5.61. The Morgan fingerprint density at radius 2 is 2.18 bits per heavy atom. The molecule has 0 spiro atoms. The number of aromatic nitrogens is 4. The highest BCUT2D eigenvalue weighted by Gasteiger charge is 2.15. The molecular weight excluding hydrogens is 214 g/mol. The number of hydrogen-bond donors (Lipinski definition) is 1. The van der Waals surface area contributed by atoms with Gasteiger partial charge in [-0.05, 0) is 25.7 Å². The molecule has 2 aromatic heterocycles. The molecule has 2 aromatic rings. The third-order valence-corrected chi connectivity index (χ3v) is 3.53. The Morgan fingerprint density at radius 3 is 3.00 bits per heavy atom. The van der Waals surface area contributed by atoms with E-state index < -0.39 is 0 Å². The Hall–Kier alpha value is -1.65. The van der Waals surface area contributed by atoms with E-state index in [1.807, 2.05) is 17.5 Å². The second kappa shape index (κ2) is 4.31. The maximum absolute atomic E-state index is 4.35. The SMILES string of the molecule is Cc1nnc2c(NCC3CCCC3)nccn12. The van der Waals surface area contributed by atoms with Crippen LogP contribution in [0.25, 0.3) is 5.65 Å². The van der Waals surface area contributed by atoms with E-state index in [1.54, 1.807) is 6.20 Å². The van der Waals surface area contributed by atoms with Crippen molar-refractivity contribution in [2.24, 2.45) is 5.92 Å². The monoisotopic (exact) mass is 231 g/mol. The smallest absolute Gasteiger partial charge is 0.203 e. The molecule has 0 saturated heterocycles. The lowest BCUT2D eigenvalue weighted by atomic mass is 10.1. The van der Waals surface area contributed by atoms with Gasteiger partial charge in [-0.25, -0.2) is 4.98 Å². The van der Waals surface area contributed by atoms with Crippen LogP contribution >= 0.6 is 0 Å². The van der Waals surface area contributed by atoms with E-state index >= 15 is 0 Å². The predicted molar refractivity (Wildman–Crippen MR) is 66.0 cm³/mol. The molecule has 0 aliphatic heterocycles. The highest BCUT2D eigenvalue weighted by Crippen LogP contribution is 2.25. The van der Waals surface area contributed by atoms with Crippen LogP contribution in [0.4, 0.5) is 5.82 Å². The number of nitrogens with zero attached hydrogens (tertiary/aromatic N) is 4. The van der Waals surface area contributed by atoms with Crippen molar-refractivity contribution in [3.63, 3.8) is 0 Å². The fourth-order valence-electron chi connectivity index (χ4n) is 2.52. The van der Waals surface area contributed by atoms with Gasteiger partial charge in [0, 0.05) is 18.9 Å². The summed E-state index contributed by atoms with van der Waals surface area (Å²) < 4.78 is 1.96. The van der Waals surface area contributed by atoms with Crippen LogP contribution in [0.15, 0.2) is 12.4 Å². The van der Waals surface area contributed by atoms with E-state index in [2.05, 4.69) is 20.5 Å². The number of hydrogen-bond acceptors (Lipinski definition) is 4. The summed E-state index contributed by atoms with van der Waals surface area (Å²) in [6, 6.07) is 0. The molecule has 0 unspecified atom stereocenters. The molecule has 1 aliphatic carbocycles. The summed E-state index contributed by atoms with van der Waals surface area (Å²) in [5.74, 6) is 2.53. The van der Waals surface area contributed by atoms with Crippen LogP contribution in [0, 0.1) is 12.8 Å². The van der Waals surface area contributed by atoms with E-state index in [0.29, 0.717) is 0 Å². The van der Waals surface area contributed by atoms with E-state index in [9.17, 15) is 0 Å². The van der Waals surface area contributed by atoms with Gasteiger partial charge >= 0.3 is 0 Å². The topological polar surface area (TPSA) is 55.1 Å². The Morgan fingerprint density at radius 1 is 1.35 bits per heavy atom. The minimum absolute atomic E-state index is 0.793. The van der Waals surface area contributed by atoms with Crippen LogP contribution in [0.1, 0.15) is 31.5 Å². The molecular formula is C12H17N5. The van der Waals surface area contributed by atoms with Gasteiger partial charge in [0.05, 0.1) is 0 Å². The molecule has 1 saturated carbocycles. The number of aryl methyl sites for hydroxylation is 1. The number of fused-ring (bicyclic) bond motifs is 1. The first-order valence-corrected chi connectivity index (χ1v) is 6.25. The molecule has 2 heterocycles. The van der Waals surface area contributed by atoms with Gasteiger partial charge < -0.3 is 5.32 Å². The molecule has 1 fully saturated rings. The van der Waals surface area contributed by atoms with E-state index in [1.165, 1.54) is 25.7 Å². The third-order valence-electron chi connectivity index (χ3n) is 3.53. The second-order valence-corrected chi connectivity index (χ2v) is 4.75. The Bertz CT molecular complexity index is 513. The molecule has 5 heteroatoms. The molecule has 90 valence electrons. The van der Waals surface area contributed by atoms with Crippen molar-refractivity contribution in [2.75, 3.05) is 11.9 Å². The van der Waals surface area contributed by atoms with Gasteiger partial charge in [0.15, 0.2) is 5.82 Å². The highest BCUT2D eigenvalue weighted by atomic mass is 15.3. The zero-order valence-electron chi connectivity index (χ0n) is 10.1. The van der Waals surface area contributed by atoms with Crippen molar-refractivity contribution in [3.05, 3.63) is 18.2 Å². The quantitative estimate of drug-likeness (QED) is 0.878. The van der Waals surface area contributed by atoms with E-state index in [0.717, 1.165) is 29.8 Å². The Kier molecular flexibility index (Phi) is 2.66. The fraction of sp³-hybridized carbons (Fsp3) is 0.583. The minimum atomic E-state index is 0.793. The number of nitrogens with one attached hydrogen (secondary N) is 1. The van der Waals surface area contributed by atoms with Gasteiger partial charge in [-0.15, -0.1) is 10.2 Å². The largest absolute Gasteiger partial charge is 0.367 e. The lowest BCUT2D eigenvalue weighted by molar-refractivity contribution is 0.579. The molecule has 17 heavy (non-hydrogen) atoms. The van der Waals surface area contributed by atoms with Gasteiger partial charge in [0.25, 0.3) is 0 Å². The second-order valence-electron chi connectivity index (χ2n) is 4.75. The van der Waals surface area contributed by atoms with Crippen LogP contribution < -0.4 is 5.32 Å². The predicted octanol–water partition coefficient (Wildman–Crippen LogP) is 2.03. The number of rotatable bonds is 3. The Labute approximate surface area is 100 Å². The molecule has 1 N–H and O–H groups in total. The van der Waals surface area contributed by atoms with Crippen LogP contribution in [0.2, 0.25) is 0 Å². The molecule has 0 bridgehead atoms. The fourth-order valence-corrected chi connectivity index (χ4v) is 2.52. The van der Waals surface area contributed by atoms with Crippen molar-refractivity contribution in [3.8, 4) is 0 Å². The Balaban J connectivity index is 1.79. The molecule has 0 amide bonds.